The Morgan fingerprint density at radius 2 is 1.76 bits per heavy atom. The first kappa shape index (κ1) is 24.1. The Balaban J connectivity index is 1.64. The lowest BCUT2D eigenvalue weighted by Gasteiger charge is -2.29. The number of phenols is 2. The molecule has 3 aromatic rings. The number of H-pyrrole nitrogens is 1. The van der Waals surface area contributed by atoms with Crippen LogP contribution in [0.4, 0.5) is 5.69 Å². The third kappa shape index (κ3) is 3.31. The molecule has 0 spiro atoms. The SMILES string of the molecule is CC(=O)c1c(O)c(C)c(O)c2c1OC1=CC(=O)C(=C(C)Nc3ccc4[nH]c(C)cc(=O)c4c3)C(=O)C12C. The van der Waals surface area contributed by atoms with Gasteiger partial charge in [-0.3, -0.25) is 19.2 Å². The van der Waals surface area contributed by atoms with Gasteiger partial charge in [-0.25, -0.2) is 0 Å². The summed E-state index contributed by atoms with van der Waals surface area (Å²) in [6, 6.07) is 6.56. The molecule has 0 fully saturated rings. The average Bonchev–Trinajstić information content (AvgIpc) is 3.10. The highest BCUT2D eigenvalue weighted by atomic mass is 16.5. The van der Waals surface area contributed by atoms with Crippen molar-refractivity contribution in [2.24, 2.45) is 0 Å². The highest BCUT2D eigenvalue weighted by molar-refractivity contribution is 6.31. The molecule has 188 valence electrons. The molecule has 1 atom stereocenters. The Kier molecular flexibility index (Phi) is 5.15. The van der Waals surface area contributed by atoms with Crippen LogP contribution in [0.3, 0.4) is 0 Å². The van der Waals surface area contributed by atoms with E-state index in [1.165, 1.54) is 26.8 Å². The number of carbonyl (C=O) groups excluding carboxylic acids is 3. The van der Waals surface area contributed by atoms with Gasteiger partial charge >= 0.3 is 0 Å². The molecule has 1 aliphatic heterocycles. The lowest BCUT2D eigenvalue weighted by molar-refractivity contribution is -0.123. The van der Waals surface area contributed by atoms with Crippen molar-refractivity contribution in [1.82, 2.24) is 4.98 Å². The summed E-state index contributed by atoms with van der Waals surface area (Å²) in [4.78, 5) is 54.9. The van der Waals surface area contributed by atoms with Crippen LogP contribution >= 0.6 is 0 Å². The molecule has 1 aromatic heterocycles. The van der Waals surface area contributed by atoms with Gasteiger partial charge in [-0.05, 0) is 52.8 Å². The highest BCUT2D eigenvalue weighted by Crippen LogP contribution is 2.57. The number of benzene rings is 2. The number of aromatic hydroxyl groups is 2. The molecule has 37 heavy (non-hydrogen) atoms. The van der Waals surface area contributed by atoms with Crippen molar-refractivity contribution >= 4 is 33.9 Å². The van der Waals surface area contributed by atoms with Gasteiger partial charge in [0.15, 0.2) is 22.8 Å². The third-order valence-corrected chi connectivity index (χ3v) is 7.06. The number of ketones is 3. The molecule has 5 rings (SSSR count). The first-order valence-electron chi connectivity index (χ1n) is 11.6. The number of hydrogen-bond donors (Lipinski definition) is 4. The fourth-order valence-electron chi connectivity index (χ4n) is 5.10. The van der Waals surface area contributed by atoms with Gasteiger partial charge in [-0.1, -0.05) is 0 Å². The van der Waals surface area contributed by atoms with Crippen LogP contribution in [0.25, 0.3) is 10.9 Å². The molecule has 9 nitrogen and oxygen atoms in total. The largest absolute Gasteiger partial charge is 0.507 e. The minimum atomic E-state index is -1.60. The van der Waals surface area contributed by atoms with E-state index in [9.17, 15) is 29.4 Å². The number of carbonyl (C=O) groups is 3. The van der Waals surface area contributed by atoms with Gasteiger partial charge in [0.25, 0.3) is 0 Å². The van der Waals surface area contributed by atoms with E-state index in [0.29, 0.717) is 16.6 Å². The standard InChI is InChI=1S/C28H24N2O7/c1-11-8-18(32)16-9-15(6-7-17(16)29-11)30-13(3)21-19(33)10-20-28(5,27(21)36)23-25(35)12(2)24(34)22(14(4)31)26(23)37-20/h6-10,30,34-35H,1-5H3,(H,29,32). The molecule has 2 aromatic carbocycles. The molecule has 0 amide bonds. The molecule has 9 heteroatoms. The van der Waals surface area contributed by atoms with E-state index in [2.05, 4.69) is 10.3 Å². The van der Waals surface area contributed by atoms with E-state index in [-0.39, 0.29) is 50.6 Å². The predicted octanol–water partition coefficient (Wildman–Crippen LogP) is 3.83. The Morgan fingerprint density at radius 1 is 1.05 bits per heavy atom. The number of allylic oxidation sites excluding steroid dienone is 4. The monoisotopic (exact) mass is 500 g/mol. The number of phenolic OH excluding ortho intramolecular Hbond substituents is 2. The number of aromatic amines is 1. The molecular weight excluding hydrogens is 476 g/mol. The summed E-state index contributed by atoms with van der Waals surface area (Å²) >= 11 is 0. The summed E-state index contributed by atoms with van der Waals surface area (Å²) in [5.74, 6) is -2.78. The number of pyridine rings is 1. The summed E-state index contributed by atoms with van der Waals surface area (Å²) in [7, 11) is 0. The zero-order chi connectivity index (χ0) is 27.0. The molecular formula is C28H24N2O7. The molecule has 4 N–H and O–H groups in total. The Labute approximate surface area is 211 Å². The zero-order valence-corrected chi connectivity index (χ0v) is 20.8. The van der Waals surface area contributed by atoms with Gasteiger partial charge in [0.05, 0.1) is 11.1 Å². The van der Waals surface area contributed by atoms with Crippen LogP contribution in [0.2, 0.25) is 0 Å². The first-order chi connectivity index (χ1) is 17.4. The lowest BCUT2D eigenvalue weighted by atomic mass is 9.70. The maximum atomic E-state index is 13.9. The van der Waals surface area contributed by atoms with Gasteiger partial charge < -0.3 is 25.3 Å². The average molecular weight is 501 g/mol. The van der Waals surface area contributed by atoms with E-state index in [4.69, 9.17) is 4.74 Å². The van der Waals surface area contributed by atoms with Crippen molar-refractivity contribution in [3.8, 4) is 17.2 Å². The second-order valence-electron chi connectivity index (χ2n) is 9.59. The van der Waals surface area contributed by atoms with Crippen molar-refractivity contribution in [1.29, 1.82) is 0 Å². The van der Waals surface area contributed by atoms with Crippen molar-refractivity contribution < 1.29 is 29.3 Å². The van der Waals surface area contributed by atoms with E-state index in [0.717, 1.165) is 11.8 Å². The number of aryl methyl sites for hydroxylation is 1. The van der Waals surface area contributed by atoms with Crippen LogP contribution in [-0.4, -0.2) is 32.5 Å². The topological polar surface area (TPSA) is 146 Å². The second kappa shape index (κ2) is 7.92. The summed E-state index contributed by atoms with van der Waals surface area (Å²) in [5, 5.41) is 24.9. The molecule has 0 saturated heterocycles. The number of rotatable bonds is 3. The molecule has 1 unspecified atom stereocenters. The number of fused-ring (bicyclic) bond motifs is 4. The summed E-state index contributed by atoms with van der Waals surface area (Å²) in [5.41, 5.74) is 0.0699. The van der Waals surface area contributed by atoms with Crippen molar-refractivity contribution in [2.45, 2.75) is 40.0 Å². The van der Waals surface area contributed by atoms with E-state index < -0.39 is 28.5 Å². The minimum Gasteiger partial charge on any atom is -0.507 e. The van der Waals surface area contributed by atoms with Gasteiger partial charge in [-0.2, -0.15) is 0 Å². The molecule has 0 radical (unpaired) electrons. The molecule has 2 aliphatic rings. The number of hydrogen-bond acceptors (Lipinski definition) is 8. The Bertz CT molecular complexity index is 1720. The quantitative estimate of drug-likeness (QED) is 0.241. The van der Waals surface area contributed by atoms with Crippen LogP contribution in [0, 0.1) is 13.8 Å². The first-order valence-corrected chi connectivity index (χ1v) is 11.6. The maximum Gasteiger partial charge on any atom is 0.194 e. The number of Topliss-reactive ketones (excluding diaryl/α,β-unsaturated/α-hetero) is 2. The third-order valence-electron chi connectivity index (χ3n) is 7.06. The van der Waals surface area contributed by atoms with Gasteiger partial charge in [-0.15, -0.1) is 0 Å². The fraction of sp³-hybridized carbons (Fsp3) is 0.214. The van der Waals surface area contributed by atoms with Crippen molar-refractivity contribution in [2.75, 3.05) is 5.32 Å². The van der Waals surface area contributed by atoms with Gasteiger partial charge in [0.1, 0.15) is 34.0 Å². The Hall–Kier alpha value is -4.66. The zero-order valence-electron chi connectivity index (χ0n) is 20.8. The van der Waals surface area contributed by atoms with Crippen LogP contribution in [0.15, 0.2) is 52.2 Å². The van der Waals surface area contributed by atoms with Crippen LogP contribution in [-0.2, 0) is 15.0 Å². The van der Waals surface area contributed by atoms with E-state index in [1.807, 2.05) is 0 Å². The van der Waals surface area contributed by atoms with Crippen LogP contribution in [0.1, 0.15) is 48.0 Å². The summed E-state index contributed by atoms with van der Waals surface area (Å²) in [6.45, 7) is 7.51. The lowest BCUT2D eigenvalue weighted by Crippen LogP contribution is -2.40. The number of aromatic nitrogens is 1. The molecule has 0 bridgehead atoms. The van der Waals surface area contributed by atoms with E-state index >= 15 is 0 Å². The summed E-state index contributed by atoms with van der Waals surface area (Å²) < 4.78 is 5.78. The van der Waals surface area contributed by atoms with Crippen molar-refractivity contribution in [3.05, 3.63) is 80.0 Å². The van der Waals surface area contributed by atoms with E-state index in [1.54, 1.807) is 32.0 Å². The number of anilines is 1. The fourth-order valence-corrected chi connectivity index (χ4v) is 5.10. The highest BCUT2D eigenvalue weighted by Gasteiger charge is 2.56. The molecule has 0 saturated carbocycles. The predicted molar refractivity (Wildman–Crippen MR) is 136 cm³/mol. The number of nitrogens with one attached hydrogen (secondary N) is 2. The van der Waals surface area contributed by atoms with Gasteiger partial charge in [0, 0.05) is 45.7 Å². The second-order valence-corrected chi connectivity index (χ2v) is 9.59. The molecule has 1 aliphatic carbocycles. The molecule has 2 heterocycles. The van der Waals surface area contributed by atoms with Crippen LogP contribution in [0.5, 0.6) is 17.2 Å². The smallest absolute Gasteiger partial charge is 0.194 e. The van der Waals surface area contributed by atoms with Crippen molar-refractivity contribution in [3.63, 3.8) is 0 Å². The Morgan fingerprint density at radius 3 is 2.43 bits per heavy atom. The minimum absolute atomic E-state index is 0.0228. The van der Waals surface area contributed by atoms with Crippen LogP contribution < -0.4 is 15.5 Å². The number of ether oxygens (including phenoxy) is 1. The van der Waals surface area contributed by atoms with Gasteiger partial charge in [0.2, 0.25) is 0 Å². The maximum absolute atomic E-state index is 13.9. The summed E-state index contributed by atoms with van der Waals surface area (Å²) in [6.07, 6.45) is 1.16. The normalized spacial score (nSPS) is 19.8.